The summed E-state index contributed by atoms with van der Waals surface area (Å²) < 4.78 is 0. The molecule has 0 bridgehead atoms. The van der Waals surface area contributed by atoms with E-state index in [1.165, 1.54) is 77.9 Å². The largest absolute Gasteiger partial charge is 0.0642 e. The zero-order valence-electron chi connectivity index (χ0n) is 26.6. The van der Waals surface area contributed by atoms with Gasteiger partial charge in [0.1, 0.15) is 0 Å². The maximum Gasteiger partial charge on any atom is 0.0184 e. The maximum atomic E-state index is 2.50. The van der Waals surface area contributed by atoms with Crippen molar-refractivity contribution in [2.75, 3.05) is 0 Å². The van der Waals surface area contributed by atoms with Crippen LogP contribution >= 0.6 is 0 Å². The molecule has 218 valence electrons. The van der Waals surface area contributed by atoms with E-state index in [4.69, 9.17) is 0 Å². The van der Waals surface area contributed by atoms with Gasteiger partial charge in [0.05, 0.1) is 0 Å². The lowest BCUT2D eigenvalue weighted by atomic mass is 9.76. The molecule has 0 heteroatoms. The van der Waals surface area contributed by atoms with Crippen molar-refractivity contribution in [1.29, 1.82) is 0 Å². The Kier molecular flexibility index (Phi) is 6.33. The molecule has 0 fully saturated rings. The van der Waals surface area contributed by atoms with Crippen LogP contribution in [-0.4, -0.2) is 0 Å². The highest BCUT2D eigenvalue weighted by molar-refractivity contribution is 6.05. The predicted octanol–water partition coefficient (Wildman–Crippen LogP) is 11.7. The molecule has 0 saturated carbocycles. The minimum atomic E-state index is -0.0705. The summed E-state index contributed by atoms with van der Waals surface area (Å²) in [6.07, 6.45) is 1.05. The van der Waals surface area contributed by atoms with Crippen molar-refractivity contribution in [3.63, 3.8) is 0 Å². The second kappa shape index (κ2) is 10.3. The second-order valence-corrected chi connectivity index (χ2v) is 13.4. The molecule has 0 N–H and O–H groups in total. The number of rotatable bonds is 5. The van der Waals surface area contributed by atoms with E-state index in [-0.39, 0.29) is 10.8 Å². The van der Waals surface area contributed by atoms with E-state index < -0.39 is 0 Å². The molecule has 0 aliphatic heterocycles. The summed E-state index contributed by atoms with van der Waals surface area (Å²) in [7, 11) is 0. The van der Waals surface area contributed by atoms with Crippen LogP contribution in [0.15, 0.2) is 146 Å². The van der Waals surface area contributed by atoms with Gasteiger partial charge in [-0.05, 0) is 96.5 Å². The number of hydrogen-bond donors (Lipinski definition) is 0. The molecule has 0 saturated heterocycles. The van der Waals surface area contributed by atoms with Crippen LogP contribution in [0.25, 0.3) is 33.4 Å². The molecule has 0 amide bonds. The Balaban J connectivity index is 1.43. The topological polar surface area (TPSA) is 0 Å². The molecule has 0 radical (unpaired) electrons. The van der Waals surface area contributed by atoms with Gasteiger partial charge in [-0.3, -0.25) is 0 Å². The van der Waals surface area contributed by atoms with E-state index in [0.29, 0.717) is 0 Å². The van der Waals surface area contributed by atoms with Crippen LogP contribution in [0.3, 0.4) is 0 Å². The van der Waals surface area contributed by atoms with Crippen LogP contribution in [0.2, 0.25) is 0 Å². The summed E-state index contributed by atoms with van der Waals surface area (Å²) in [4.78, 5) is 0. The van der Waals surface area contributed by atoms with E-state index in [1.54, 1.807) is 0 Å². The van der Waals surface area contributed by atoms with E-state index >= 15 is 0 Å². The third kappa shape index (κ3) is 4.12. The van der Waals surface area contributed by atoms with Gasteiger partial charge in [0.15, 0.2) is 0 Å². The maximum absolute atomic E-state index is 2.50. The summed E-state index contributed by atoms with van der Waals surface area (Å²) in [6.45, 7) is 9.49. The Morgan fingerprint density at radius 3 is 1.38 bits per heavy atom. The van der Waals surface area contributed by atoms with Crippen molar-refractivity contribution in [2.24, 2.45) is 0 Å². The first-order chi connectivity index (χ1) is 21.9. The van der Waals surface area contributed by atoms with Gasteiger partial charge in [0.2, 0.25) is 0 Å². The lowest BCUT2D eigenvalue weighted by Gasteiger charge is -2.27. The van der Waals surface area contributed by atoms with E-state index in [0.717, 1.165) is 6.42 Å². The van der Waals surface area contributed by atoms with Crippen LogP contribution in [-0.2, 0) is 10.8 Å². The number of benzene rings is 6. The molecule has 0 heterocycles. The Labute approximate surface area is 267 Å². The van der Waals surface area contributed by atoms with Crippen molar-refractivity contribution in [3.8, 4) is 22.3 Å². The average molecular weight is 579 g/mol. The first kappa shape index (κ1) is 27.6. The standard InChI is InChI=1S/C45H38/c1-5-45(4)39-23-15-13-21-35(39)37-27-25-33(29-41(37)45)43(31-18-10-7-11-19-31)42(30-16-8-6-9-17-30)32-24-26-36-34-20-12-14-22-38(34)44(2,3)40(36)28-32/h6-29H,5H2,1-4H3/b43-42+. The Bertz CT molecular complexity index is 2110. The van der Waals surface area contributed by atoms with Crippen molar-refractivity contribution in [3.05, 3.63) is 190 Å². The molecular formula is C45H38. The van der Waals surface area contributed by atoms with Crippen molar-refractivity contribution >= 4 is 11.1 Å². The lowest BCUT2D eigenvalue weighted by Crippen LogP contribution is -2.19. The minimum absolute atomic E-state index is 0.0278. The molecule has 8 rings (SSSR count). The van der Waals surface area contributed by atoms with Crippen LogP contribution in [0.4, 0.5) is 0 Å². The fourth-order valence-electron chi connectivity index (χ4n) is 8.10. The molecular weight excluding hydrogens is 540 g/mol. The molecule has 2 aliphatic carbocycles. The van der Waals surface area contributed by atoms with Crippen molar-refractivity contribution in [1.82, 2.24) is 0 Å². The molecule has 0 spiro atoms. The fraction of sp³-hybridized carbons (Fsp3) is 0.156. The first-order valence-corrected chi connectivity index (χ1v) is 16.3. The SMILES string of the molecule is CCC1(C)c2ccccc2-c2ccc(/C(=C(\c3ccccc3)c3ccc4c(c3)C(C)(C)c3ccccc3-4)c3ccccc3)cc21. The quantitative estimate of drug-likeness (QED) is 0.179. The van der Waals surface area contributed by atoms with Gasteiger partial charge in [0.25, 0.3) is 0 Å². The Morgan fingerprint density at radius 1 is 0.400 bits per heavy atom. The smallest absolute Gasteiger partial charge is 0.0184 e. The van der Waals surface area contributed by atoms with Crippen molar-refractivity contribution < 1.29 is 0 Å². The summed E-state index contributed by atoms with van der Waals surface area (Å²) in [5.41, 5.74) is 18.5. The molecule has 0 nitrogen and oxygen atoms in total. The highest BCUT2D eigenvalue weighted by Gasteiger charge is 2.38. The molecule has 1 unspecified atom stereocenters. The second-order valence-electron chi connectivity index (χ2n) is 13.4. The zero-order chi connectivity index (χ0) is 30.8. The molecule has 45 heavy (non-hydrogen) atoms. The van der Waals surface area contributed by atoms with Crippen LogP contribution in [0.5, 0.6) is 0 Å². The van der Waals surface area contributed by atoms with Gasteiger partial charge >= 0.3 is 0 Å². The van der Waals surface area contributed by atoms with E-state index in [9.17, 15) is 0 Å². The Hall–Kier alpha value is -4.94. The van der Waals surface area contributed by atoms with Crippen LogP contribution in [0.1, 0.15) is 78.6 Å². The van der Waals surface area contributed by atoms with E-state index in [2.05, 4.69) is 173 Å². The highest BCUT2D eigenvalue weighted by atomic mass is 14.4. The molecule has 2 aliphatic rings. The predicted molar refractivity (Wildman–Crippen MR) is 191 cm³/mol. The number of fused-ring (bicyclic) bond motifs is 6. The Morgan fingerprint density at radius 2 is 0.822 bits per heavy atom. The summed E-state index contributed by atoms with van der Waals surface area (Å²) >= 11 is 0. The summed E-state index contributed by atoms with van der Waals surface area (Å²) in [5, 5.41) is 0. The molecule has 1 atom stereocenters. The highest BCUT2D eigenvalue weighted by Crippen LogP contribution is 2.53. The lowest BCUT2D eigenvalue weighted by molar-refractivity contribution is 0.564. The van der Waals surface area contributed by atoms with Crippen LogP contribution in [0, 0.1) is 0 Å². The van der Waals surface area contributed by atoms with E-state index in [1.807, 2.05) is 0 Å². The average Bonchev–Trinajstić information content (AvgIpc) is 3.48. The first-order valence-electron chi connectivity index (χ1n) is 16.3. The van der Waals surface area contributed by atoms with Gasteiger partial charge in [-0.1, -0.05) is 161 Å². The third-order valence-corrected chi connectivity index (χ3v) is 10.7. The van der Waals surface area contributed by atoms with Gasteiger partial charge in [-0.25, -0.2) is 0 Å². The summed E-state index contributed by atoms with van der Waals surface area (Å²) in [6, 6.07) is 54.3. The van der Waals surface area contributed by atoms with Gasteiger partial charge in [-0.2, -0.15) is 0 Å². The molecule has 6 aromatic rings. The number of hydrogen-bond acceptors (Lipinski definition) is 0. The van der Waals surface area contributed by atoms with Crippen molar-refractivity contribution in [2.45, 2.75) is 44.9 Å². The monoisotopic (exact) mass is 578 g/mol. The van der Waals surface area contributed by atoms with Gasteiger partial charge in [0, 0.05) is 10.8 Å². The normalized spacial score (nSPS) is 17.6. The molecule has 6 aromatic carbocycles. The third-order valence-electron chi connectivity index (χ3n) is 10.7. The zero-order valence-corrected chi connectivity index (χ0v) is 26.6. The van der Waals surface area contributed by atoms with Crippen LogP contribution < -0.4 is 0 Å². The summed E-state index contributed by atoms with van der Waals surface area (Å²) in [5.74, 6) is 0. The van der Waals surface area contributed by atoms with Gasteiger partial charge < -0.3 is 0 Å². The fourth-order valence-corrected chi connectivity index (χ4v) is 8.10. The minimum Gasteiger partial charge on any atom is -0.0642 e. The molecule has 0 aromatic heterocycles. The van der Waals surface area contributed by atoms with Gasteiger partial charge in [-0.15, -0.1) is 0 Å².